The predicted octanol–water partition coefficient (Wildman–Crippen LogP) is 3.47. The third-order valence-corrected chi connectivity index (χ3v) is 4.37. The zero-order valence-corrected chi connectivity index (χ0v) is 13.7. The number of fused-ring (bicyclic) bond motifs is 1. The minimum atomic E-state index is -0.509. The molecule has 124 valence electrons. The molecule has 5 nitrogen and oxygen atoms in total. The van der Waals surface area contributed by atoms with Gasteiger partial charge in [-0.15, -0.1) is 0 Å². The van der Waals surface area contributed by atoms with E-state index in [1.807, 2.05) is 25.1 Å². The lowest BCUT2D eigenvalue weighted by molar-refractivity contribution is 0.100. The van der Waals surface area contributed by atoms with Gasteiger partial charge in [0.2, 0.25) is 5.91 Å². The molecule has 0 aliphatic carbocycles. The molecule has 0 radical (unpaired) electrons. The summed E-state index contributed by atoms with van der Waals surface area (Å²) < 4.78 is 0. The Hall–Kier alpha value is -2.82. The highest BCUT2D eigenvalue weighted by Gasteiger charge is 2.21. The van der Waals surface area contributed by atoms with Crippen LogP contribution in [0.1, 0.15) is 34.3 Å². The maximum Gasteiger partial charge on any atom is 0.326 e. The molecule has 0 aromatic heterocycles. The monoisotopic (exact) mass is 323 g/mol. The fraction of sp³-hybridized carbons (Fsp3) is 0.263. The molecule has 24 heavy (non-hydrogen) atoms. The van der Waals surface area contributed by atoms with E-state index in [2.05, 4.69) is 11.4 Å². The Labute approximate surface area is 141 Å². The zero-order valence-electron chi connectivity index (χ0n) is 13.7. The van der Waals surface area contributed by atoms with Crippen LogP contribution in [0.4, 0.5) is 16.2 Å². The number of primary amides is 1. The van der Waals surface area contributed by atoms with Gasteiger partial charge in [-0.3, -0.25) is 9.69 Å². The second-order valence-corrected chi connectivity index (χ2v) is 6.06. The molecule has 0 spiro atoms. The summed E-state index contributed by atoms with van der Waals surface area (Å²) in [7, 11) is 0. The summed E-state index contributed by atoms with van der Waals surface area (Å²) in [6.07, 6.45) is 3.01. The van der Waals surface area contributed by atoms with Gasteiger partial charge in [-0.1, -0.05) is 24.3 Å². The summed E-state index contributed by atoms with van der Waals surface area (Å²) >= 11 is 0. The first-order valence-corrected chi connectivity index (χ1v) is 8.13. The highest BCUT2D eigenvalue weighted by Crippen LogP contribution is 2.27. The van der Waals surface area contributed by atoms with Gasteiger partial charge in [-0.25, -0.2) is 4.79 Å². The standard InChI is InChI=1S/C19H21N3O2/c1-13-9-10-15(18(20)23)12-16(13)21-19(24)22-11-5-4-7-14-6-2-3-8-17(14)22/h2-3,6,8-10,12H,4-5,7,11H2,1H3,(H2,20,23)(H,21,24). The molecule has 0 saturated heterocycles. The molecule has 0 bridgehead atoms. The highest BCUT2D eigenvalue weighted by molar-refractivity contribution is 6.03. The molecule has 0 unspecified atom stereocenters. The topological polar surface area (TPSA) is 75.4 Å². The van der Waals surface area contributed by atoms with Crippen molar-refractivity contribution in [2.24, 2.45) is 5.73 Å². The molecule has 3 N–H and O–H groups in total. The predicted molar refractivity (Wildman–Crippen MR) is 95.4 cm³/mol. The van der Waals surface area contributed by atoms with Crippen molar-refractivity contribution in [1.29, 1.82) is 0 Å². The summed E-state index contributed by atoms with van der Waals surface area (Å²) in [6, 6.07) is 12.9. The van der Waals surface area contributed by atoms with Gasteiger partial charge in [0.1, 0.15) is 0 Å². The molecule has 2 aromatic rings. The van der Waals surface area contributed by atoms with Crippen LogP contribution in [0.5, 0.6) is 0 Å². The maximum atomic E-state index is 12.8. The number of carbonyl (C=O) groups is 2. The molecule has 5 heteroatoms. The third kappa shape index (κ3) is 3.25. The number of anilines is 2. The van der Waals surface area contributed by atoms with Gasteiger partial charge >= 0.3 is 6.03 Å². The number of rotatable bonds is 2. The van der Waals surface area contributed by atoms with Crippen molar-refractivity contribution in [3.8, 4) is 0 Å². The van der Waals surface area contributed by atoms with Crippen LogP contribution in [0.2, 0.25) is 0 Å². The maximum absolute atomic E-state index is 12.8. The van der Waals surface area contributed by atoms with Gasteiger partial charge in [-0.2, -0.15) is 0 Å². The number of urea groups is 1. The molecule has 0 saturated carbocycles. The van der Waals surface area contributed by atoms with Crippen molar-refractivity contribution in [3.05, 3.63) is 59.2 Å². The van der Waals surface area contributed by atoms with Crippen molar-refractivity contribution in [2.75, 3.05) is 16.8 Å². The van der Waals surface area contributed by atoms with Crippen molar-refractivity contribution < 1.29 is 9.59 Å². The van der Waals surface area contributed by atoms with Gasteiger partial charge < -0.3 is 11.1 Å². The number of nitrogens with one attached hydrogen (secondary N) is 1. The van der Waals surface area contributed by atoms with Crippen LogP contribution in [0.15, 0.2) is 42.5 Å². The summed E-state index contributed by atoms with van der Waals surface area (Å²) in [5.41, 5.74) is 9.35. The van der Waals surface area contributed by atoms with Gasteiger partial charge in [0, 0.05) is 23.5 Å². The Bertz CT molecular complexity index is 786. The van der Waals surface area contributed by atoms with Crippen LogP contribution in [0.3, 0.4) is 0 Å². The van der Waals surface area contributed by atoms with E-state index < -0.39 is 5.91 Å². The molecular weight excluding hydrogens is 302 g/mol. The van der Waals surface area contributed by atoms with Crippen LogP contribution in [-0.2, 0) is 6.42 Å². The fourth-order valence-electron chi connectivity index (χ4n) is 2.99. The summed E-state index contributed by atoms with van der Waals surface area (Å²) in [5.74, 6) is -0.509. The van der Waals surface area contributed by atoms with Crippen molar-refractivity contribution in [2.45, 2.75) is 26.2 Å². The van der Waals surface area contributed by atoms with Crippen molar-refractivity contribution in [3.63, 3.8) is 0 Å². The molecule has 3 amide bonds. The average molecular weight is 323 g/mol. The minimum absolute atomic E-state index is 0.186. The number of carbonyl (C=O) groups excluding carboxylic acids is 2. The smallest absolute Gasteiger partial charge is 0.326 e. The number of hydrogen-bond acceptors (Lipinski definition) is 2. The van der Waals surface area contributed by atoms with Gasteiger partial charge in [0.15, 0.2) is 0 Å². The van der Waals surface area contributed by atoms with E-state index >= 15 is 0 Å². The summed E-state index contributed by atoms with van der Waals surface area (Å²) in [4.78, 5) is 26.0. The van der Waals surface area contributed by atoms with Crippen LogP contribution < -0.4 is 16.0 Å². The first kappa shape index (κ1) is 16.1. The van der Waals surface area contributed by atoms with Crippen molar-refractivity contribution >= 4 is 23.3 Å². The second kappa shape index (κ2) is 6.74. The van der Waals surface area contributed by atoms with E-state index in [0.29, 0.717) is 17.8 Å². The Morgan fingerprint density at radius 2 is 1.92 bits per heavy atom. The molecule has 1 aliphatic heterocycles. The lowest BCUT2D eigenvalue weighted by Crippen LogP contribution is -2.36. The molecule has 1 heterocycles. The molecule has 2 aromatic carbocycles. The van der Waals surface area contributed by atoms with E-state index in [1.165, 1.54) is 5.56 Å². The average Bonchev–Trinajstić information content (AvgIpc) is 2.79. The Kier molecular flexibility index (Phi) is 4.51. The van der Waals surface area contributed by atoms with E-state index in [0.717, 1.165) is 30.5 Å². The van der Waals surface area contributed by atoms with E-state index in [4.69, 9.17) is 5.73 Å². The second-order valence-electron chi connectivity index (χ2n) is 6.06. The third-order valence-electron chi connectivity index (χ3n) is 4.37. The van der Waals surface area contributed by atoms with Crippen LogP contribution >= 0.6 is 0 Å². The molecule has 1 aliphatic rings. The summed E-state index contributed by atoms with van der Waals surface area (Å²) in [6.45, 7) is 2.56. The normalized spacial score (nSPS) is 13.8. The number of nitrogens with zero attached hydrogens (tertiary/aromatic N) is 1. The van der Waals surface area contributed by atoms with Crippen LogP contribution in [0, 0.1) is 6.92 Å². The molecule has 0 atom stereocenters. The molecular formula is C19H21N3O2. The number of benzene rings is 2. The number of amides is 3. The number of hydrogen-bond donors (Lipinski definition) is 2. The quantitative estimate of drug-likeness (QED) is 0.888. The SMILES string of the molecule is Cc1ccc(C(N)=O)cc1NC(=O)N1CCCCc2ccccc21. The van der Waals surface area contributed by atoms with E-state index in [9.17, 15) is 9.59 Å². The lowest BCUT2D eigenvalue weighted by atomic mass is 10.1. The van der Waals surface area contributed by atoms with Crippen LogP contribution in [0.25, 0.3) is 0 Å². The highest BCUT2D eigenvalue weighted by atomic mass is 16.2. The van der Waals surface area contributed by atoms with Crippen molar-refractivity contribution in [1.82, 2.24) is 0 Å². The Morgan fingerprint density at radius 3 is 2.71 bits per heavy atom. The lowest BCUT2D eigenvalue weighted by Gasteiger charge is -2.24. The minimum Gasteiger partial charge on any atom is -0.366 e. The zero-order chi connectivity index (χ0) is 17.1. The van der Waals surface area contributed by atoms with Gasteiger partial charge in [-0.05, 0) is 55.5 Å². The molecule has 0 fully saturated rings. The molecule has 3 rings (SSSR count). The van der Waals surface area contributed by atoms with Gasteiger partial charge in [0.25, 0.3) is 0 Å². The number of aryl methyl sites for hydroxylation is 2. The number of para-hydroxylation sites is 1. The largest absolute Gasteiger partial charge is 0.366 e. The Morgan fingerprint density at radius 1 is 1.12 bits per heavy atom. The Balaban J connectivity index is 1.88. The summed E-state index contributed by atoms with van der Waals surface area (Å²) in [5, 5.41) is 2.92. The first-order valence-electron chi connectivity index (χ1n) is 8.13. The van der Waals surface area contributed by atoms with E-state index in [1.54, 1.807) is 23.1 Å². The first-order chi connectivity index (χ1) is 11.6. The fourth-order valence-corrected chi connectivity index (χ4v) is 2.99. The van der Waals surface area contributed by atoms with Crippen LogP contribution in [-0.4, -0.2) is 18.5 Å². The van der Waals surface area contributed by atoms with Gasteiger partial charge in [0.05, 0.1) is 0 Å². The number of nitrogens with two attached hydrogens (primary N) is 1. The van der Waals surface area contributed by atoms with E-state index in [-0.39, 0.29) is 6.03 Å².